The van der Waals surface area contributed by atoms with Crippen molar-refractivity contribution in [1.29, 1.82) is 0 Å². The molecule has 1 N–H and O–H groups in total. The third-order valence-electron chi connectivity index (χ3n) is 4.04. The van der Waals surface area contributed by atoms with Gasteiger partial charge in [0.15, 0.2) is 0 Å². The van der Waals surface area contributed by atoms with Crippen LogP contribution in [0.15, 0.2) is 41.6 Å². The van der Waals surface area contributed by atoms with Crippen LogP contribution in [0.1, 0.15) is 23.7 Å². The molecule has 2 aromatic rings. The zero-order valence-electron chi connectivity index (χ0n) is 14.4. The third-order valence-corrected chi connectivity index (χ3v) is 4.70. The number of ether oxygens (including phenoxy) is 1. The Labute approximate surface area is 154 Å². The van der Waals surface area contributed by atoms with Crippen LogP contribution in [0.3, 0.4) is 0 Å². The van der Waals surface area contributed by atoms with Crippen LogP contribution >= 0.6 is 11.8 Å². The fourth-order valence-electron chi connectivity index (χ4n) is 2.57. The van der Waals surface area contributed by atoms with E-state index in [4.69, 9.17) is 4.74 Å². The first-order valence-electron chi connectivity index (χ1n) is 8.11. The van der Waals surface area contributed by atoms with Crippen LogP contribution in [-0.2, 0) is 4.74 Å². The Morgan fingerprint density at radius 1 is 1.42 bits per heavy atom. The van der Waals surface area contributed by atoms with Gasteiger partial charge in [-0.25, -0.2) is 14.2 Å². The summed E-state index contributed by atoms with van der Waals surface area (Å²) in [6, 6.07) is 7.53. The van der Waals surface area contributed by atoms with E-state index in [2.05, 4.69) is 10.3 Å². The molecule has 0 unspecified atom stereocenters. The van der Waals surface area contributed by atoms with Gasteiger partial charge < -0.3 is 10.1 Å². The standard InChI is InChI=1S/C18H18FN3O3S/c1-3-13-10-22(18(24)25-13)12-5-6-14(15(19)8-12)17(23)21-11-4-7-16(26-2)20-9-11/h4-9,13H,3,10H2,1-2H3,(H,21,23)/t13-/m0/s1. The molecule has 0 saturated carbocycles. The van der Waals surface area contributed by atoms with Crippen molar-refractivity contribution in [3.63, 3.8) is 0 Å². The van der Waals surface area contributed by atoms with Gasteiger partial charge in [0.1, 0.15) is 11.9 Å². The molecule has 1 aliphatic heterocycles. The predicted octanol–water partition coefficient (Wildman–Crippen LogP) is 3.93. The lowest BCUT2D eigenvalue weighted by atomic mass is 10.1. The second kappa shape index (κ2) is 7.74. The normalized spacial score (nSPS) is 16.5. The molecule has 136 valence electrons. The monoisotopic (exact) mass is 375 g/mol. The zero-order chi connectivity index (χ0) is 18.7. The fraction of sp³-hybridized carbons (Fsp3) is 0.278. The highest BCUT2D eigenvalue weighted by atomic mass is 32.2. The molecule has 26 heavy (non-hydrogen) atoms. The SMILES string of the molecule is CC[C@H]1CN(c2ccc(C(=O)Nc3ccc(SC)nc3)c(F)c2)C(=O)O1. The molecule has 0 bridgehead atoms. The van der Waals surface area contributed by atoms with Gasteiger partial charge in [-0.1, -0.05) is 6.92 Å². The van der Waals surface area contributed by atoms with Crippen molar-refractivity contribution < 1.29 is 18.7 Å². The van der Waals surface area contributed by atoms with Gasteiger partial charge in [-0.15, -0.1) is 11.8 Å². The first-order chi connectivity index (χ1) is 12.5. The summed E-state index contributed by atoms with van der Waals surface area (Å²) in [5, 5.41) is 3.43. The fourth-order valence-corrected chi connectivity index (χ4v) is 2.94. The molecule has 0 spiro atoms. The van der Waals surface area contributed by atoms with Gasteiger partial charge in [-0.2, -0.15) is 0 Å². The molecule has 1 aliphatic rings. The largest absolute Gasteiger partial charge is 0.444 e. The average Bonchev–Trinajstić information content (AvgIpc) is 3.03. The minimum Gasteiger partial charge on any atom is -0.444 e. The zero-order valence-corrected chi connectivity index (χ0v) is 15.2. The molecular weight excluding hydrogens is 357 g/mol. The second-order valence-corrected chi connectivity index (χ2v) is 6.56. The molecular formula is C18H18FN3O3S. The number of benzene rings is 1. The Balaban J connectivity index is 1.74. The lowest BCUT2D eigenvalue weighted by Gasteiger charge is -2.14. The summed E-state index contributed by atoms with van der Waals surface area (Å²) in [5.74, 6) is -1.29. The van der Waals surface area contributed by atoms with Gasteiger partial charge in [0.05, 0.1) is 34.7 Å². The number of nitrogens with zero attached hydrogens (tertiary/aromatic N) is 2. The van der Waals surface area contributed by atoms with Crippen molar-refractivity contribution in [1.82, 2.24) is 4.98 Å². The number of amides is 2. The number of aromatic nitrogens is 1. The maximum absolute atomic E-state index is 14.4. The number of anilines is 2. The van der Waals surface area contributed by atoms with Crippen LogP contribution in [0.25, 0.3) is 0 Å². The molecule has 3 rings (SSSR count). The summed E-state index contributed by atoms with van der Waals surface area (Å²) in [6.07, 6.45) is 3.39. The molecule has 1 aromatic heterocycles. The molecule has 8 heteroatoms. The Hall–Kier alpha value is -2.61. The molecule has 1 fully saturated rings. The topological polar surface area (TPSA) is 71.5 Å². The number of thioether (sulfide) groups is 1. The van der Waals surface area contributed by atoms with Crippen LogP contribution < -0.4 is 10.2 Å². The highest BCUT2D eigenvalue weighted by Gasteiger charge is 2.31. The van der Waals surface area contributed by atoms with E-state index >= 15 is 0 Å². The Morgan fingerprint density at radius 3 is 2.81 bits per heavy atom. The molecule has 6 nitrogen and oxygen atoms in total. The van der Waals surface area contributed by atoms with Crippen LogP contribution in [0, 0.1) is 5.82 Å². The summed E-state index contributed by atoms with van der Waals surface area (Å²) in [5.41, 5.74) is 0.735. The minimum absolute atomic E-state index is 0.109. The van der Waals surface area contributed by atoms with Gasteiger partial charge in [0, 0.05) is 0 Å². The summed E-state index contributed by atoms with van der Waals surface area (Å²) in [4.78, 5) is 29.7. The minimum atomic E-state index is -0.707. The van der Waals surface area contributed by atoms with E-state index in [-0.39, 0.29) is 11.7 Å². The number of carbonyl (C=O) groups is 2. The summed E-state index contributed by atoms with van der Waals surface area (Å²) in [7, 11) is 0. The Morgan fingerprint density at radius 2 is 2.23 bits per heavy atom. The van der Waals surface area contributed by atoms with E-state index in [1.54, 1.807) is 12.1 Å². The van der Waals surface area contributed by atoms with Crippen molar-refractivity contribution in [2.24, 2.45) is 0 Å². The van der Waals surface area contributed by atoms with E-state index in [0.29, 0.717) is 24.3 Å². The van der Waals surface area contributed by atoms with Gasteiger partial charge in [-0.3, -0.25) is 9.69 Å². The van der Waals surface area contributed by atoms with Gasteiger partial charge in [0.2, 0.25) is 0 Å². The van der Waals surface area contributed by atoms with Crippen molar-refractivity contribution in [3.8, 4) is 0 Å². The predicted molar refractivity (Wildman–Crippen MR) is 98.3 cm³/mol. The van der Waals surface area contributed by atoms with Crippen molar-refractivity contribution in [2.45, 2.75) is 24.5 Å². The van der Waals surface area contributed by atoms with Crippen molar-refractivity contribution >= 4 is 35.1 Å². The van der Waals surface area contributed by atoms with Crippen LogP contribution in [0.2, 0.25) is 0 Å². The summed E-state index contributed by atoms with van der Waals surface area (Å²) in [6.45, 7) is 2.28. The van der Waals surface area contributed by atoms with Gasteiger partial charge >= 0.3 is 6.09 Å². The first-order valence-corrected chi connectivity index (χ1v) is 9.33. The van der Waals surface area contributed by atoms with Crippen molar-refractivity contribution in [3.05, 3.63) is 47.9 Å². The smallest absolute Gasteiger partial charge is 0.414 e. The number of hydrogen-bond donors (Lipinski definition) is 1. The van der Waals surface area contributed by atoms with Crippen LogP contribution in [0.5, 0.6) is 0 Å². The highest BCUT2D eigenvalue weighted by molar-refractivity contribution is 7.98. The third kappa shape index (κ3) is 3.80. The molecule has 0 aliphatic carbocycles. The molecule has 2 amide bonds. The van der Waals surface area contributed by atoms with Crippen LogP contribution in [-0.4, -0.2) is 35.9 Å². The maximum atomic E-state index is 14.4. The number of pyridine rings is 1. The Kier molecular flexibility index (Phi) is 5.41. The molecule has 1 atom stereocenters. The maximum Gasteiger partial charge on any atom is 0.414 e. The van der Waals surface area contributed by atoms with E-state index in [1.807, 2.05) is 13.2 Å². The average molecular weight is 375 g/mol. The van der Waals surface area contributed by atoms with E-state index in [1.165, 1.54) is 41.1 Å². The number of nitrogens with one attached hydrogen (secondary N) is 1. The summed E-state index contributed by atoms with van der Waals surface area (Å²) < 4.78 is 19.6. The van der Waals surface area contributed by atoms with E-state index < -0.39 is 17.8 Å². The lowest BCUT2D eigenvalue weighted by Crippen LogP contribution is -2.25. The quantitative estimate of drug-likeness (QED) is 0.802. The number of cyclic esters (lactones) is 1. The first kappa shape index (κ1) is 18.2. The number of halogens is 1. The molecule has 0 radical (unpaired) electrons. The number of hydrogen-bond acceptors (Lipinski definition) is 5. The highest BCUT2D eigenvalue weighted by Crippen LogP contribution is 2.25. The lowest BCUT2D eigenvalue weighted by molar-refractivity contribution is 0.102. The molecule has 1 aromatic carbocycles. The number of carbonyl (C=O) groups excluding carboxylic acids is 2. The van der Waals surface area contributed by atoms with Gasteiger partial charge in [0.25, 0.3) is 5.91 Å². The number of rotatable bonds is 5. The van der Waals surface area contributed by atoms with Gasteiger partial charge in [-0.05, 0) is 43.0 Å². The summed E-state index contributed by atoms with van der Waals surface area (Å²) >= 11 is 1.48. The molecule has 1 saturated heterocycles. The molecule has 2 heterocycles. The Bertz CT molecular complexity index is 829. The van der Waals surface area contributed by atoms with Crippen molar-refractivity contribution in [2.75, 3.05) is 23.0 Å². The van der Waals surface area contributed by atoms with Crippen LogP contribution in [0.4, 0.5) is 20.6 Å². The van der Waals surface area contributed by atoms with E-state index in [9.17, 15) is 14.0 Å². The van der Waals surface area contributed by atoms with E-state index in [0.717, 1.165) is 5.03 Å². The second-order valence-electron chi connectivity index (χ2n) is 5.73.